The van der Waals surface area contributed by atoms with E-state index < -0.39 is 13.4 Å². The van der Waals surface area contributed by atoms with Gasteiger partial charge in [-0.3, -0.25) is 4.57 Å². The van der Waals surface area contributed by atoms with E-state index in [0.717, 1.165) is 12.8 Å². The van der Waals surface area contributed by atoms with Crippen LogP contribution in [0.25, 0.3) is 0 Å². The van der Waals surface area contributed by atoms with Crippen LogP contribution >= 0.6 is 7.60 Å². The molecule has 0 radical (unpaired) electrons. The highest BCUT2D eigenvalue weighted by Crippen LogP contribution is 2.58. The van der Waals surface area contributed by atoms with Crippen LogP contribution in [-0.2, 0) is 13.6 Å². The SMILES string of the molecule is CCCCOc1ccc([C@H](O)P(=O)(OC)OC)cc1. The van der Waals surface area contributed by atoms with Crippen molar-refractivity contribution in [3.8, 4) is 5.75 Å². The van der Waals surface area contributed by atoms with Crippen molar-refractivity contribution < 1.29 is 23.5 Å². The summed E-state index contributed by atoms with van der Waals surface area (Å²) >= 11 is 0. The zero-order valence-corrected chi connectivity index (χ0v) is 12.4. The lowest BCUT2D eigenvalue weighted by Gasteiger charge is -2.20. The summed E-state index contributed by atoms with van der Waals surface area (Å²) in [5.41, 5.74) is 0.467. The van der Waals surface area contributed by atoms with Crippen molar-refractivity contribution in [2.45, 2.75) is 25.6 Å². The van der Waals surface area contributed by atoms with Crippen LogP contribution in [0.2, 0.25) is 0 Å². The highest BCUT2D eigenvalue weighted by molar-refractivity contribution is 7.53. The molecule has 1 aromatic rings. The zero-order valence-electron chi connectivity index (χ0n) is 11.5. The summed E-state index contributed by atoms with van der Waals surface area (Å²) < 4.78 is 27.1. The van der Waals surface area contributed by atoms with Crippen molar-refractivity contribution in [1.82, 2.24) is 0 Å². The molecule has 0 unspecified atom stereocenters. The van der Waals surface area contributed by atoms with Gasteiger partial charge in [-0.2, -0.15) is 0 Å². The third-order valence-electron chi connectivity index (χ3n) is 2.75. The van der Waals surface area contributed by atoms with Gasteiger partial charge in [0.2, 0.25) is 0 Å². The van der Waals surface area contributed by atoms with Gasteiger partial charge in [-0.1, -0.05) is 25.5 Å². The van der Waals surface area contributed by atoms with Crippen LogP contribution in [0.5, 0.6) is 5.75 Å². The minimum Gasteiger partial charge on any atom is -0.494 e. The van der Waals surface area contributed by atoms with Crippen LogP contribution in [0.4, 0.5) is 0 Å². The summed E-state index contributed by atoms with van der Waals surface area (Å²) in [4.78, 5) is 0. The van der Waals surface area contributed by atoms with Crippen molar-refractivity contribution in [1.29, 1.82) is 0 Å². The van der Waals surface area contributed by atoms with E-state index in [1.165, 1.54) is 14.2 Å². The lowest BCUT2D eigenvalue weighted by atomic mass is 10.2. The zero-order chi connectivity index (χ0) is 14.3. The number of unbranched alkanes of at least 4 members (excludes halogenated alkanes) is 1. The van der Waals surface area contributed by atoms with Gasteiger partial charge in [-0.15, -0.1) is 0 Å². The van der Waals surface area contributed by atoms with Gasteiger partial charge in [0, 0.05) is 14.2 Å². The molecule has 1 atom stereocenters. The first-order valence-corrected chi connectivity index (χ1v) is 7.80. The van der Waals surface area contributed by atoms with E-state index in [1.807, 2.05) is 0 Å². The summed E-state index contributed by atoms with van der Waals surface area (Å²) in [6.07, 6.45) is 2.06. The van der Waals surface area contributed by atoms with E-state index in [9.17, 15) is 9.67 Å². The Hall–Kier alpha value is -0.870. The van der Waals surface area contributed by atoms with Crippen molar-refractivity contribution in [2.24, 2.45) is 0 Å². The van der Waals surface area contributed by atoms with Gasteiger partial charge in [0.25, 0.3) is 0 Å². The Kier molecular flexibility index (Phi) is 6.52. The molecular formula is C13H21O5P. The molecule has 0 aliphatic rings. The van der Waals surface area contributed by atoms with E-state index >= 15 is 0 Å². The summed E-state index contributed by atoms with van der Waals surface area (Å²) in [6, 6.07) is 6.75. The van der Waals surface area contributed by atoms with E-state index in [0.29, 0.717) is 17.9 Å². The van der Waals surface area contributed by atoms with Gasteiger partial charge in [-0.05, 0) is 24.1 Å². The summed E-state index contributed by atoms with van der Waals surface area (Å²) in [6.45, 7) is 2.75. The smallest absolute Gasteiger partial charge is 0.362 e. The van der Waals surface area contributed by atoms with Gasteiger partial charge in [0.15, 0.2) is 5.85 Å². The van der Waals surface area contributed by atoms with E-state index in [-0.39, 0.29) is 0 Å². The van der Waals surface area contributed by atoms with E-state index in [1.54, 1.807) is 24.3 Å². The van der Waals surface area contributed by atoms with Gasteiger partial charge < -0.3 is 18.9 Å². The number of ether oxygens (including phenoxy) is 1. The number of aliphatic hydroxyl groups is 1. The first-order chi connectivity index (χ1) is 9.07. The van der Waals surface area contributed by atoms with Crippen LogP contribution in [-0.4, -0.2) is 25.9 Å². The number of rotatable bonds is 8. The molecule has 1 N–H and O–H groups in total. The van der Waals surface area contributed by atoms with Crippen molar-refractivity contribution in [3.63, 3.8) is 0 Å². The van der Waals surface area contributed by atoms with Crippen molar-refractivity contribution >= 4 is 7.60 Å². The second-order valence-electron chi connectivity index (χ2n) is 4.05. The van der Waals surface area contributed by atoms with Gasteiger partial charge in [0.05, 0.1) is 6.61 Å². The topological polar surface area (TPSA) is 65.0 Å². The predicted octanol–water partition coefficient (Wildman–Crippen LogP) is 3.34. The second kappa shape index (κ2) is 7.65. The molecule has 0 aliphatic heterocycles. The highest BCUT2D eigenvalue weighted by Gasteiger charge is 2.33. The van der Waals surface area contributed by atoms with Crippen LogP contribution in [0.3, 0.4) is 0 Å². The average Bonchev–Trinajstić information content (AvgIpc) is 2.46. The summed E-state index contributed by atoms with van der Waals surface area (Å²) in [5.74, 6) is -0.582. The number of hydrogen-bond acceptors (Lipinski definition) is 5. The molecule has 0 aromatic heterocycles. The molecule has 0 bridgehead atoms. The Bertz CT molecular complexity index is 410. The van der Waals surface area contributed by atoms with Gasteiger partial charge in [0.1, 0.15) is 5.75 Å². The molecule has 0 saturated heterocycles. The van der Waals surface area contributed by atoms with E-state index in [2.05, 4.69) is 6.92 Å². The number of benzene rings is 1. The highest BCUT2D eigenvalue weighted by atomic mass is 31.2. The molecule has 5 nitrogen and oxygen atoms in total. The average molecular weight is 288 g/mol. The molecule has 6 heteroatoms. The van der Waals surface area contributed by atoms with Crippen LogP contribution in [0, 0.1) is 0 Å². The fourth-order valence-corrected chi connectivity index (χ4v) is 2.61. The molecular weight excluding hydrogens is 267 g/mol. The Labute approximate surface area is 114 Å². The standard InChI is InChI=1S/C13H21O5P/c1-4-5-10-18-12-8-6-11(7-9-12)13(14)19(15,16-2)17-3/h6-9,13-14H,4-5,10H2,1-3H3/t13-/m1/s1. The molecule has 19 heavy (non-hydrogen) atoms. The van der Waals surface area contributed by atoms with Crippen LogP contribution in [0.15, 0.2) is 24.3 Å². The number of aliphatic hydroxyl groups excluding tert-OH is 1. The summed E-state index contributed by atoms with van der Waals surface area (Å²) in [7, 11) is -1.03. The van der Waals surface area contributed by atoms with Crippen LogP contribution < -0.4 is 4.74 Å². The van der Waals surface area contributed by atoms with Crippen molar-refractivity contribution in [3.05, 3.63) is 29.8 Å². The Balaban J connectivity index is 2.73. The first kappa shape index (κ1) is 16.2. The molecule has 108 valence electrons. The Morgan fingerprint density at radius 1 is 1.21 bits per heavy atom. The molecule has 1 aromatic carbocycles. The molecule has 1 rings (SSSR count). The molecule has 0 spiro atoms. The quantitative estimate of drug-likeness (QED) is 0.587. The van der Waals surface area contributed by atoms with Crippen LogP contribution in [0.1, 0.15) is 31.2 Å². The fourth-order valence-electron chi connectivity index (χ4n) is 1.53. The predicted molar refractivity (Wildman–Crippen MR) is 73.4 cm³/mol. The van der Waals surface area contributed by atoms with Gasteiger partial charge >= 0.3 is 7.60 Å². The maximum Gasteiger partial charge on any atom is 0.362 e. The van der Waals surface area contributed by atoms with Crippen molar-refractivity contribution in [2.75, 3.05) is 20.8 Å². The summed E-state index contributed by atoms with van der Waals surface area (Å²) in [5, 5.41) is 9.99. The first-order valence-electron chi connectivity index (χ1n) is 6.19. The van der Waals surface area contributed by atoms with E-state index in [4.69, 9.17) is 13.8 Å². The number of hydrogen-bond donors (Lipinski definition) is 1. The normalized spacial score (nSPS) is 13.3. The second-order valence-corrected chi connectivity index (χ2v) is 6.35. The minimum atomic E-state index is -3.52. The minimum absolute atomic E-state index is 0.467. The fraction of sp³-hybridized carbons (Fsp3) is 0.538. The molecule has 0 aliphatic carbocycles. The third kappa shape index (κ3) is 4.32. The monoisotopic (exact) mass is 288 g/mol. The molecule has 0 fully saturated rings. The largest absolute Gasteiger partial charge is 0.494 e. The Morgan fingerprint density at radius 3 is 2.26 bits per heavy atom. The van der Waals surface area contributed by atoms with Gasteiger partial charge in [-0.25, -0.2) is 0 Å². The Morgan fingerprint density at radius 2 is 1.79 bits per heavy atom. The molecule has 0 amide bonds. The lowest BCUT2D eigenvalue weighted by molar-refractivity contribution is 0.176. The molecule has 0 heterocycles. The molecule has 0 saturated carbocycles. The maximum absolute atomic E-state index is 12.0. The maximum atomic E-state index is 12.0. The lowest BCUT2D eigenvalue weighted by Crippen LogP contribution is -2.03. The third-order valence-corrected chi connectivity index (χ3v) is 4.67.